The van der Waals surface area contributed by atoms with Crippen molar-refractivity contribution in [2.45, 2.75) is 44.2 Å². The van der Waals surface area contributed by atoms with Crippen molar-refractivity contribution in [1.29, 1.82) is 0 Å². The molecule has 154 valence electrons. The molecule has 0 spiro atoms. The zero-order valence-electron chi connectivity index (χ0n) is 16.7. The molecular formula is C21H27N5O3. The first-order valence-electron chi connectivity index (χ1n) is 10.3. The summed E-state index contributed by atoms with van der Waals surface area (Å²) in [6.07, 6.45) is 5.81. The van der Waals surface area contributed by atoms with Gasteiger partial charge in [0.1, 0.15) is 0 Å². The zero-order chi connectivity index (χ0) is 20.2. The number of carbonyl (C=O) groups excluding carboxylic acids is 2. The molecule has 1 saturated heterocycles. The molecule has 1 saturated carbocycles. The molecule has 2 heterocycles. The number of carbonyl (C=O) groups is 2. The van der Waals surface area contributed by atoms with Gasteiger partial charge < -0.3 is 15.0 Å². The highest BCUT2D eigenvalue weighted by atomic mass is 16.5. The Balaban J connectivity index is 1.42. The molecule has 1 N–H and O–H groups in total. The molecule has 4 rings (SSSR count). The largest absolute Gasteiger partial charge is 0.379 e. The van der Waals surface area contributed by atoms with E-state index in [1.807, 2.05) is 35.2 Å². The second-order valence-electron chi connectivity index (χ2n) is 7.78. The molecule has 8 heteroatoms. The summed E-state index contributed by atoms with van der Waals surface area (Å²) in [5.74, 6) is -0.148. The molecular weight excluding hydrogens is 370 g/mol. The molecule has 29 heavy (non-hydrogen) atoms. The van der Waals surface area contributed by atoms with Crippen LogP contribution < -0.4 is 5.32 Å². The monoisotopic (exact) mass is 397 g/mol. The van der Waals surface area contributed by atoms with E-state index in [9.17, 15) is 9.59 Å². The van der Waals surface area contributed by atoms with Crippen molar-refractivity contribution >= 4 is 11.8 Å². The van der Waals surface area contributed by atoms with E-state index in [0.29, 0.717) is 6.42 Å². The summed E-state index contributed by atoms with van der Waals surface area (Å²) in [7, 11) is 1.65. The molecule has 0 unspecified atom stereocenters. The second kappa shape index (κ2) is 8.73. The fourth-order valence-electron chi connectivity index (χ4n) is 4.31. The minimum Gasteiger partial charge on any atom is -0.379 e. The number of aromatic nitrogens is 3. The SMILES string of the molecule is CO[C@@H]1CC[C@H](C(=O)N2CCCC2)C[C@H]1NC(=O)c1cn(-c2ccccc2)nn1. The van der Waals surface area contributed by atoms with Gasteiger partial charge in [0.25, 0.3) is 5.91 Å². The normalized spacial score (nSPS) is 24.4. The molecule has 0 bridgehead atoms. The molecule has 2 amide bonds. The molecule has 2 aliphatic rings. The van der Waals surface area contributed by atoms with Crippen molar-refractivity contribution in [2.75, 3.05) is 20.2 Å². The first kappa shape index (κ1) is 19.6. The summed E-state index contributed by atoms with van der Waals surface area (Å²) in [4.78, 5) is 27.5. The van der Waals surface area contributed by atoms with Gasteiger partial charge in [0.05, 0.1) is 24.0 Å². The number of rotatable bonds is 5. The Hall–Kier alpha value is -2.74. The van der Waals surface area contributed by atoms with E-state index in [1.165, 1.54) is 0 Å². The average Bonchev–Trinajstić information content (AvgIpc) is 3.46. The molecule has 2 fully saturated rings. The topological polar surface area (TPSA) is 89.4 Å². The van der Waals surface area contributed by atoms with Gasteiger partial charge in [-0.3, -0.25) is 9.59 Å². The van der Waals surface area contributed by atoms with Gasteiger partial charge in [-0.25, -0.2) is 4.68 Å². The van der Waals surface area contributed by atoms with Gasteiger partial charge in [-0.15, -0.1) is 5.10 Å². The summed E-state index contributed by atoms with van der Waals surface area (Å²) >= 11 is 0. The second-order valence-corrected chi connectivity index (χ2v) is 7.78. The van der Waals surface area contributed by atoms with Crippen molar-refractivity contribution in [3.05, 3.63) is 42.2 Å². The number of methoxy groups -OCH3 is 1. The highest BCUT2D eigenvalue weighted by molar-refractivity contribution is 5.92. The quantitative estimate of drug-likeness (QED) is 0.831. The molecule has 0 radical (unpaired) electrons. The lowest BCUT2D eigenvalue weighted by atomic mass is 9.82. The van der Waals surface area contributed by atoms with E-state index < -0.39 is 0 Å². The van der Waals surface area contributed by atoms with Crippen LogP contribution in [0.15, 0.2) is 36.5 Å². The minimum absolute atomic E-state index is 0.0650. The number of amides is 2. The number of hydrogen-bond acceptors (Lipinski definition) is 5. The van der Waals surface area contributed by atoms with Gasteiger partial charge in [0.2, 0.25) is 5.91 Å². The van der Waals surface area contributed by atoms with E-state index in [1.54, 1.807) is 18.0 Å². The zero-order valence-corrected chi connectivity index (χ0v) is 16.7. The Morgan fingerprint density at radius 2 is 1.90 bits per heavy atom. The summed E-state index contributed by atoms with van der Waals surface area (Å²) in [6, 6.07) is 9.29. The fourth-order valence-corrected chi connectivity index (χ4v) is 4.31. The van der Waals surface area contributed by atoms with E-state index >= 15 is 0 Å². The van der Waals surface area contributed by atoms with Crippen molar-refractivity contribution in [3.63, 3.8) is 0 Å². The minimum atomic E-state index is -0.298. The maximum Gasteiger partial charge on any atom is 0.273 e. The first-order chi connectivity index (χ1) is 14.2. The average molecular weight is 397 g/mol. The highest BCUT2D eigenvalue weighted by Gasteiger charge is 2.37. The number of benzene rings is 1. The Labute approximate surface area is 170 Å². The van der Waals surface area contributed by atoms with Crippen LogP contribution in [-0.4, -0.2) is 64.1 Å². The van der Waals surface area contributed by atoms with Gasteiger partial charge in [0, 0.05) is 26.1 Å². The summed E-state index contributed by atoms with van der Waals surface area (Å²) in [5, 5.41) is 11.1. The Morgan fingerprint density at radius 1 is 1.14 bits per heavy atom. The summed E-state index contributed by atoms with van der Waals surface area (Å²) in [6.45, 7) is 1.70. The van der Waals surface area contributed by atoms with E-state index in [0.717, 1.165) is 44.5 Å². The van der Waals surface area contributed by atoms with Crippen LogP contribution in [0.1, 0.15) is 42.6 Å². The van der Waals surface area contributed by atoms with Crippen LogP contribution >= 0.6 is 0 Å². The lowest BCUT2D eigenvalue weighted by molar-refractivity contribution is -0.136. The van der Waals surface area contributed by atoms with E-state index in [4.69, 9.17) is 4.74 Å². The van der Waals surface area contributed by atoms with Crippen LogP contribution in [0.2, 0.25) is 0 Å². The third-order valence-corrected chi connectivity index (χ3v) is 5.92. The number of hydrogen-bond donors (Lipinski definition) is 1. The Morgan fingerprint density at radius 3 is 2.62 bits per heavy atom. The molecule has 1 aliphatic carbocycles. The number of nitrogens with one attached hydrogen (secondary N) is 1. The van der Waals surface area contributed by atoms with Gasteiger partial charge in [-0.1, -0.05) is 23.4 Å². The predicted molar refractivity (Wildman–Crippen MR) is 107 cm³/mol. The van der Waals surface area contributed by atoms with Crippen molar-refractivity contribution in [2.24, 2.45) is 5.92 Å². The van der Waals surface area contributed by atoms with Crippen LogP contribution in [0, 0.1) is 5.92 Å². The van der Waals surface area contributed by atoms with Crippen LogP contribution in [0.4, 0.5) is 0 Å². The maximum atomic E-state index is 12.8. The molecule has 8 nitrogen and oxygen atoms in total. The molecule has 2 aromatic rings. The van der Waals surface area contributed by atoms with Gasteiger partial charge >= 0.3 is 0 Å². The van der Waals surface area contributed by atoms with Crippen LogP contribution in [0.3, 0.4) is 0 Å². The summed E-state index contributed by atoms with van der Waals surface area (Å²) in [5.41, 5.74) is 1.08. The Bertz CT molecular complexity index is 847. The maximum absolute atomic E-state index is 12.8. The van der Waals surface area contributed by atoms with Crippen molar-refractivity contribution in [1.82, 2.24) is 25.2 Å². The standard InChI is InChI=1S/C21H27N5O3/c1-29-19-10-9-15(21(28)25-11-5-6-12-25)13-17(19)22-20(27)18-14-26(24-23-18)16-7-3-2-4-8-16/h2-4,7-8,14-15,17,19H,5-6,9-13H2,1H3,(H,22,27)/t15-,17+,19+/m0/s1. The molecule has 1 aromatic carbocycles. The molecule has 1 aliphatic heterocycles. The number of para-hydroxylation sites is 1. The van der Waals surface area contributed by atoms with E-state index in [-0.39, 0.29) is 35.6 Å². The van der Waals surface area contributed by atoms with Crippen LogP contribution in [-0.2, 0) is 9.53 Å². The Kier molecular flexibility index (Phi) is 5.89. The molecule has 1 aromatic heterocycles. The highest BCUT2D eigenvalue weighted by Crippen LogP contribution is 2.29. The first-order valence-corrected chi connectivity index (χ1v) is 10.3. The lowest BCUT2D eigenvalue weighted by Crippen LogP contribution is -2.50. The van der Waals surface area contributed by atoms with Gasteiger partial charge in [0.15, 0.2) is 5.69 Å². The number of likely N-dealkylation sites (tertiary alicyclic amines) is 1. The van der Waals surface area contributed by atoms with E-state index in [2.05, 4.69) is 15.6 Å². The van der Waals surface area contributed by atoms with Crippen LogP contribution in [0.25, 0.3) is 5.69 Å². The third-order valence-electron chi connectivity index (χ3n) is 5.92. The lowest BCUT2D eigenvalue weighted by Gasteiger charge is -2.36. The molecule has 3 atom stereocenters. The number of ether oxygens (including phenoxy) is 1. The van der Waals surface area contributed by atoms with Gasteiger partial charge in [-0.05, 0) is 44.2 Å². The summed E-state index contributed by atoms with van der Waals surface area (Å²) < 4.78 is 7.16. The fraction of sp³-hybridized carbons (Fsp3) is 0.524. The predicted octanol–water partition coefficient (Wildman–Crippen LogP) is 1.80. The van der Waals surface area contributed by atoms with Crippen LogP contribution in [0.5, 0.6) is 0 Å². The van der Waals surface area contributed by atoms with Gasteiger partial charge in [-0.2, -0.15) is 0 Å². The van der Waals surface area contributed by atoms with Crippen molar-refractivity contribution in [3.8, 4) is 5.69 Å². The third kappa shape index (κ3) is 4.32. The number of nitrogens with zero attached hydrogens (tertiary/aromatic N) is 4. The van der Waals surface area contributed by atoms with Crippen molar-refractivity contribution < 1.29 is 14.3 Å². The smallest absolute Gasteiger partial charge is 0.273 e.